The van der Waals surface area contributed by atoms with Crippen LogP contribution in [0, 0.1) is 0 Å². The summed E-state index contributed by atoms with van der Waals surface area (Å²) in [6.45, 7) is 0.610. The molecule has 0 aliphatic heterocycles. The molecule has 0 heterocycles. The standard InChI is InChI=1S/C9H13BrN2/c1-12-9(6-11)7-4-2-3-5-8(7)10/h2-5,9,12H,6,11H2,1H3. The quantitative estimate of drug-likeness (QED) is 0.827. The number of hydrogen-bond donors (Lipinski definition) is 2. The molecule has 3 heteroatoms. The maximum Gasteiger partial charge on any atom is 0.0453 e. The van der Waals surface area contributed by atoms with Crippen LogP contribution in [0.2, 0.25) is 0 Å². The van der Waals surface area contributed by atoms with Gasteiger partial charge in [-0.1, -0.05) is 34.1 Å². The van der Waals surface area contributed by atoms with Crippen LogP contribution in [0.25, 0.3) is 0 Å². The minimum Gasteiger partial charge on any atom is -0.329 e. The van der Waals surface area contributed by atoms with E-state index in [1.165, 1.54) is 5.56 Å². The molecule has 0 aliphatic rings. The predicted octanol–water partition coefficient (Wildman–Crippen LogP) is 1.67. The average Bonchev–Trinajstić information content (AvgIpc) is 2.10. The van der Waals surface area contributed by atoms with E-state index in [1.807, 2.05) is 25.2 Å². The number of benzene rings is 1. The monoisotopic (exact) mass is 228 g/mol. The van der Waals surface area contributed by atoms with Crippen LogP contribution in [0.1, 0.15) is 11.6 Å². The summed E-state index contributed by atoms with van der Waals surface area (Å²) in [6, 6.07) is 8.34. The van der Waals surface area contributed by atoms with Gasteiger partial charge in [0.2, 0.25) is 0 Å². The zero-order chi connectivity index (χ0) is 8.97. The van der Waals surface area contributed by atoms with Gasteiger partial charge in [-0.3, -0.25) is 0 Å². The number of hydrogen-bond acceptors (Lipinski definition) is 2. The molecule has 0 fully saturated rings. The minimum absolute atomic E-state index is 0.237. The van der Waals surface area contributed by atoms with E-state index >= 15 is 0 Å². The molecule has 0 saturated heterocycles. The summed E-state index contributed by atoms with van der Waals surface area (Å²) in [4.78, 5) is 0. The first-order valence-corrected chi connectivity index (χ1v) is 4.70. The van der Waals surface area contributed by atoms with Gasteiger partial charge < -0.3 is 11.1 Å². The van der Waals surface area contributed by atoms with Crippen molar-refractivity contribution in [1.82, 2.24) is 5.32 Å². The molecule has 0 spiro atoms. The lowest BCUT2D eigenvalue weighted by Gasteiger charge is -2.15. The molecule has 1 atom stereocenters. The first kappa shape index (κ1) is 9.71. The van der Waals surface area contributed by atoms with Crippen LogP contribution in [-0.4, -0.2) is 13.6 Å². The summed E-state index contributed by atoms with van der Waals surface area (Å²) < 4.78 is 1.11. The van der Waals surface area contributed by atoms with Gasteiger partial charge in [-0.15, -0.1) is 0 Å². The first-order chi connectivity index (χ1) is 5.79. The van der Waals surface area contributed by atoms with Gasteiger partial charge in [0.15, 0.2) is 0 Å². The lowest BCUT2D eigenvalue weighted by atomic mass is 10.1. The highest BCUT2D eigenvalue weighted by Gasteiger charge is 2.08. The molecule has 0 aromatic heterocycles. The molecule has 12 heavy (non-hydrogen) atoms. The Bertz CT molecular complexity index is 246. The second-order valence-corrected chi connectivity index (χ2v) is 3.45. The largest absolute Gasteiger partial charge is 0.329 e. The van der Waals surface area contributed by atoms with Crippen molar-refractivity contribution in [3.63, 3.8) is 0 Å². The van der Waals surface area contributed by atoms with Gasteiger partial charge in [-0.25, -0.2) is 0 Å². The van der Waals surface area contributed by atoms with Gasteiger partial charge in [-0.2, -0.15) is 0 Å². The number of nitrogens with two attached hydrogens (primary N) is 1. The van der Waals surface area contributed by atoms with Crippen LogP contribution in [0.15, 0.2) is 28.7 Å². The molecule has 1 aromatic rings. The Morgan fingerprint density at radius 1 is 1.50 bits per heavy atom. The van der Waals surface area contributed by atoms with E-state index in [0.717, 1.165) is 4.47 Å². The molecule has 0 amide bonds. The smallest absolute Gasteiger partial charge is 0.0453 e. The molecular formula is C9H13BrN2. The zero-order valence-electron chi connectivity index (χ0n) is 7.05. The molecule has 2 nitrogen and oxygen atoms in total. The molecule has 0 radical (unpaired) electrons. The Hall–Kier alpha value is -0.380. The SMILES string of the molecule is CNC(CN)c1ccccc1Br. The molecule has 0 bridgehead atoms. The fraction of sp³-hybridized carbons (Fsp3) is 0.333. The summed E-state index contributed by atoms with van der Waals surface area (Å²) >= 11 is 3.48. The van der Waals surface area contributed by atoms with Crippen LogP contribution >= 0.6 is 15.9 Å². The van der Waals surface area contributed by atoms with Crippen molar-refractivity contribution in [1.29, 1.82) is 0 Å². The summed E-state index contributed by atoms with van der Waals surface area (Å²) in [5, 5.41) is 3.15. The van der Waals surface area contributed by atoms with Crippen LogP contribution in [-0.2, 0) is 0 Å². The van der Waals surface area contributed by atoms with Crippen molar-refractivity contribution in [2.24, 2.45) is 5.73 Å². The van der Waals surface area contributed by atoms with Crippen molar-refractivity contribution in [2.75, 3.05) is 13.6 Å². The summed E-state index contributed by atoms with van der Waals surface area (Å²) in [7, 11) is 1.91. The summed E-state index contributed by atoms with van der Waals surface area (Å²) in [5.74, 6) is 0. The second kappa shape index (κ2) is 4.60. The van der Waals surface area contributed by atoms with Gasteiger partial charge >= 0.3 is 0 Å². The van der Waals surface area contributed by atoms with E-state index in [1.54, 1.807) is 0 Å². The molecule has 0 aliphatic carbocycles. The third-order valence-corrected chi connectivity index (χ3v) is 2.59. The fourth-order valence-corrected chi connectivity index (χ4v) is 1.72. The van der Waals surface area contributed by atoms with E-state index in [-0.39, 0.29) is 6.04 Å². The van der Waals surface area contributed by atoms with Gasteiger partial charge in [0.1, 0.15) is 0 Å². The molecule has 1 rings (SSSR count). The van der Waals surface area contributed by atoms with Crippen LogP contribution in [0.5, 0.6) is 0 Å². The topological polar surface area (TPSA) is 38.0 Å². The van der Waals surface area contributed by atoms with Crippen LogP contribution in [0.3, 0.4) is 0 Å². The third-order valence-electron chi connectivity index (χ3n) is 1.86. The van der Waals surface area contributed by atoms with E-state index < -0.39 is 0 Å². The lowest BCUT2D eigenvalue weighted by Crippen LogP contribution is -2.25. The van der Waals surface area contributed by atoms with Gasteiger partial charge in [0.25, 0.3) is 0 Å². The fourth-order valence-electron chi connectivity index (χ4n) is 1.16. The Morgan fingerprint density at radius 3 is 2.67 bits per heavy atom. The van der Waals surface area contributed by atoms with Gasteiger partial charge in [0, 0.05) is 17.1 Å². The molecule has 0 saturated carbocycles. The second-order valence-electron chi connectivity index (χ2n) is 2.60. The number of halogens is 1. The Labute approximate surface area is 81.3 Å². The van der Waals surface area contributed by atoms with Gasteiger partial charge in [-0.05, 0) is 18.7 Å². The van der Waals surface area contributed by atoms with Gasteiger partial charge in [0.05, 0.1) is 0 Å². The summed E-state index contributed by atoms with van der Waals surface area (Å²) in [5.41, 5.74) is 6.81. The van der Waals surface area contributed by atoms with Crippen LogP contribution in [0.4, 0.5) is 0 Å². The molecular weight excluding hydrogens is 216 g/mol. The van der Waals surface area contributed by atoms with E-state index in [4.69, 9.17) is 5.73 Å². The Morgan fingerprint density at radius 2 is 2.17 bits per heavy atom. The maximum atomic E-state index is 5.60. The molecule has 1 unspecified atom stereocenters. The molecule has 66 valence electrons. The number of likely N-dealkylation sites (N-methyl/N-ethyl adjacent to an activating group) is 1. The van der Waals surface area contributed by atoms with Crippen molar-refractivity contribution in [3.8, 4) is 0 Å². The number of rotatable bonds is 3. The predicted molar refractivity (Wildman–Crippen MR) is 55.0 cm³/mol. The van der Waals surface area contributed by atoms with Crippen molar-refractivity contribution < 1.29 is 0 Å². The van der Waals surface area contributed by atoms with E-state index in [2.05, 4.69) is 27.3 Å². The molecule has 3 N–H and O–H groups in total. The number of nitrogens with one attached hydrogen (secondary N) is 1. The van der Waals surface area contributed by atoms with E-state index in [9.17, 15) is 0 Å². The highest BCUT2D eigenvalue weighted by Crippen LogP contribution is 2.21. The summed E-state index contributed by atoms with van der Waals surface area (Å²) in [6.07, 6.45) is 0. The Kier molecular flexibility index (Phi) is 3.72. The highest BCUT2D eigenvalue weighted by atomic mass is 79.9. The minimum atomic E-state index is 0.237. The third kappa shape index (κ3) is 2.06. The zero-order valence-corrected chi connectivity index (χ0v) is 8.64. The lowest BCUT2D eigenvalue weighted by molar-refractivity contribution is 0.603. The normalized spacial score (nSPS) is 12.9. The Balaban J connectivity index is 2.92. The van der Waals surface area contributed by atoms with Crippen LogP contribution < -0.4 is 11.1 Å². The molecule has 1 aromatic carbocycles. The van der Waals surface area contributed by atoms with Crippen molar-refractivity contribution in [3.05, 3.63) is 34.3 Å². The first-order valence-electron chi connectivity index (χ1n) is 3.91. The highest BCUT2D eigenvalue weighted by molar-refractivity contribution is 9.10. The maximum absolute atomic E-state index is 5.60. The average molecular weight is 229 g/mol. The van der Waals surface area contributed by atoms with Crippen molar-refractivity contribution >= 4 is 15.9 Å². The van der Waals surface area contributed by atoms with E-state index in [0.29, 0.717) is 6.54 Å². The van der Waals surface area contributed by atoms with Crippen molar-refractivity contribution in [2.45, 2.75) is 6.04 Å².